The first kappa shape index (κ1) is 8.24. The first-order chi connectivity index (χ1) is 6.86. The minimum atomic E-state index is 0.375. The number of rotatable bonds is 2. The van der Waals surface area contributed by atoms with Crippen LogP contribution in [0.5, 0.6) is 0 Å². The van der Waals surface area contributed by atoms with Crippen LogP contribution in [0.1, 0.15) is 30.1 Å². The van der Waals surface area contributed by atoms with E-state index in [-0.39, 0.29) is 0 Å². The van der Waals surface area contributed by atoms with Crippen LogP contribution < -0.4 is 0 Å². The zero-order chi connectivity index (χ0) is 9.54. The van der Waals surface area contributed by atoms with E-state index in [9.17, 15) is 0 Å². The monoisotopic (exact) mass is 207 g/mol. The van der Waals surface area contributed by atoms with Crippen LogP contribution in [0.2, 0.25) is 0 Å². The fourth-order valence-electron chi connectivity index (χ4n) is 1.66. The molecule has 0 N–H and O–H groups in total. The van der Waals surface area contributed by atoms with E-state index in [0.717, 1.165) is 11.6 Å². The van der Waals surface area contributed by atoms with Crippen molar-refractivity contribution in [2.45, 2.75) is 24.6 Å². The Hall–Kier alpha value is -1.09. The number of nitrogens with zero attached hydrogens (tertiary/aromatic N) is 3. The van der Waals surface area contributed by atoms with Gasteiger partial charge in [0, 0.05) is 6.20 Å². The van der Waals surface area contributed by atoms with E-state index in [4.69, 9.17) is 11.6 Å². The maximum atomic E-state index is 5.67. The van der Waals surface area contributed by atoms with Crippen LogP contribution in [-0.4, -0.2) is 14.6 Å². The highest BCUT2D eigenvalue weighted by molar-refractivity contribution is 6.16. The van der Waals surface area contributed by atoms with Gasteiger partial charge < -0.3 is 0 Å². The van der Waals surface area contributed by atoms with Gasteiger partial charge >= 0.3 is 0 Å². The maximum Gasteiger partial charge on any atom is 0.166 e. The third-order valence-corrected chi connectivity index (χ3v) is 2.81. The van der Waals surface area contributed by atoms with E-state index >= 15 is 0 Å². The molecule has 0 radical (unpaired) electrons. The Morgan fingerprint density at radius 3 is 3.00 bits per heavy atom. The van der Waals surface area contributed by atoms with Crippen molar-refractivity contribution in [1.82, 2.24) is 14.6 Å². The average molecular weight is 208 g/mol. The van der Waals surface area contributed by atoms with Gasteiger partial charge in [-0.25, -0.2) is 9.50 Å². The van der Waals surface area contributed by atoms with E-state index in [1.165, 1.54) is 18.4 Å². The molecule has 2 heterocycles. The van der Waals surface area contributed by atoms with E-state index < -0.39 is 0 Å². The van der Waals surface area contributed by atoms with E-state index in [2.05, 4.69) is 22.3 Å². The van der Waals surface area contributed by atoms with Crippen molar-refractivity contribution in [1.29, 1.82) is 0 Å². The molecule has 1 fully saturated rings. The highest BCUT2D eigenvalue weighted by Crippen LogP contribution is 2.39. The predicted molar refractivity (Wildman–Crippen MR) is 54.5 cm³/mol. The largest absolute Gasteiger partial charge is 0.221 e. The van der Waals surface area contributed by atoms with Crippen LogP contribution >= 0.6 is 11.6 Å². The number of pyridine rings is 1. The molecule has 0 amide bonds. The summed E-state index contributed by atoms with van der Waals surface area (Å²) < 4.78 is 1.82. The Morgan fingerprint density at radius 2 is 2.29 bits per heavy atom. The zero-order valence-electron chi connectivity index (χ0n) is 7.65. The fourth-order valence-corrected chi connectivity index (χ4v) is 1.77. The second-order valence-corrected chi connectivity index (χ2v) is 3.97. The number of alkyl halides is 1. The second kappa shape index (κ2) is 2.95. The van der Waals surface area contributed by atoms with Gasteiger partial charge in [0.25, 0.3) is 0 Å². The van der Waals surface area contributed by atoms with Gasteiger partial charge in [0.1, 0.15) is 0 Å². The Kier molecular flexibility index (Phi) is 1.74. The van der Waals surface area contributed by atoms with Gasteiger partial charge in [-0.15, -0.1) is 16.7 Å². The molecule has 0 atom stereocenters. The summed E-state index contributed by atoms with van der Waals surface area (Å²) in [7, 11) is 0. The van der Waals surface area contributed by atoms with Crippen molar-refractivity contribution in [2.24, 2.45) is 0 Å². The molecule has 1 aliphatic carbocycles. The molecule has 4 heteroatoms. The van der Waals surface area contributed by atoms with Gasteiger partial charge in [-0.3, -0.25) is 0 Å². The van der Waals surface area contributed by atoms with E-state index in [0.29, 0.717) is 11.7 Å². The molecular formula is C10H10ClN3. The molecule has 0 aromatic carbocycles. The first-order valence-electron chi connectivity index (χ1n) is 4.78. The Balaban J connectivity index is 2.12. The summed E-state index contributed by atoms with van der Waals surface area (Å²) in [6.07, 6.45) is 4.68. The van der Waals surface area contributed by atoms with Crippen molar-refractivity contribution in [3.8, 4) is 0 Å². The number of halogens is 1. The molecule has 3 rings (SSSR count). The number of aromatic nitrogens is 3. The summed E-state index contributed by atoms with van der Waals surface area (Å²) in [6.45, 7) is 0. The van der Waals surface area contributed by atoms with Crippen molar-refractivity contribution in [3.63, 3.8) is 0 Å². The minimum absolute atomic E-state index is 0.375. The van der Waals surface area contributed by atoms with Gasteiger partial charge in [0.05, 0.1) is 5.88 Å². The van der Waals surface area contributed by atoms with Crippen LogP contribution in [0.25, 0.3) is 5.65 Å². The smallest absolute Gasteiger partial charge is 0.166 e. The molecule has 0 unspecified atom stereocenters. The summed E-state index contributed by atoms with van der Waals surface area (Å²) in [5, 5.41) is 4.28. The number of hydrogen-bond donors (Lipinski definition) is 0. The average Bonchev–Trinajstić information content (AvgIpc) is 2.97. The third kappa shape index (κ3) is 1.28. The van der Waals surface area contributed by atoms with Crippen LogP contribution in [0, 0.1) is 0 Å². The molecule has 2 aromatic heterocycles. The van der Waals surface area contributed by atoms with Gasteiger partial charge in [0.2, 0.25) is 0 Å². The van der Waals surface area contributed by atoms with Gasteiger partial charge in [-0.2, -0.15) is 0 Å². The van der Waals surface area contributed by atoms with E-state index in [1.807, 2.05) is 10.6 Å². The Bertz CT molecular complexity index is 473. The van der Waals surface area contributed by atoms with Crippen molar-refractivity contribution in [2.75, 3.05) is 0 Å². The zero-order valence-corrected chi connectivity index (χ0v) is 8.41. The summed E-state index contributed by atoms with van der Waals surface area (Å²) in [5.41, 5.74) is 2.24. The van der Waals surface area contributed by atoms with Crippen LogP contribution in [0.3, 0.4) is 0 Å². The lowest BCUT2D eigenvalue weighted by Crippen LogP contribution is -1.90. The SMILES string of the molecule is ClCc1nc2ccc(C3CC3)cn2n1. The number of hydrogen-bond acceptors (Lipinski definition) is 2. The van der Waals surface area contributed by atoms with Crippen molar-refractivity contribution in [3.05, 3.63) is 29.7 Å². The van der Waals surface area contributed by atoms with Gasteiger partial charge in [-0.05, 0) is 30.4 Å². The normalized spacial score (nSPS) is 16.4. The molecule has 0 aliphatic heterocycles. The van der Waals surface area contributed by atoms with Gasteiger partial charge in [0.15, 0.2) is 11.5 Å². The molecule has 3 nitrogen and oxygen atoms in total. The summed E-state index contributed by atoms with van der Waals surface area (Å²) >= 11 is 5.67. The molecule has 0 saturated heterocycles. The molecular weight excluding hydrogens is 198 g/mol. The summed E-state index contributed by atoms with van der Waals surface area (Å²) in [4.78, 5) is 4.27. The Morgan fingerprint density at radius 1 is 1.43 bits per heavy atom. The topological polar surface area (TPSA) is 30.2 Å². The van der Waals surface area contributed by atoms with Crippen molar-refractivity contribution >= 4 is 17.2 Å². The molecule has 1 saturated carbocycles. The van der Waals surface area contributed by atoms with E-state index in [1.54, 1.807) is 0 Å². The van der Waals surface area contributed by atoms with Crippen molar-refractivity contribution < 1.29 is 0 Å². The molecule has 1 aliphatic rings. The first-order valence-corrected chi connectivity index (χ1v) is 5.31. The summed E-state index contributed by atoms with van der Waals surface area (Å²) in [5.74, 6) is 1.82. The Labute approximate surface area is 86.7 Å². The lowest BCUT2D eigenvalue weighted by molar-refractivity contribution is 0.904. The molecule has 0 spiro atoms. The van der Waals surface area contributed by atoms with Gasteiger partial charge in [-0.1, -0.05) is 6.07 Å². The van der Waals surface area contributed by atoms with Crippen LogP contribution in [0.15, 0.2) is 18.3 Å². The second-order valence-electron chi connectivity index (χ2n) is 3.70. The predicted octanol–water partition coefficient (Wildman–Crippen LogP) is 2.35. The lowest BCUT2D eigenvalue weighted by atomic mass is 10.2. The maximum absolute atomic E-state index is 5.67. The molecule has 14 heavy (non-hydrogen) atoms. The standard InChI is InChI=1S/C10H10ClN3/c11-5-9-12-10-4-3-8(7-1-2-7)6-14(10)13-9/h3-4,6-7H,1-2,5H2. The molecule has 0 bridgehead atoms. The quantitative estimate of drug-likeness (QED) is 0.708. The van der Waals surface area contributed by atoms with Crippen LogP contribution in [0.4, 0.5) is 0 Å². The third-order valence-electron chi connectivity index (χ3n) is 2.57. The fraction of sp³-hybridized carbons (Fsp3) is 0.400. The van der Waals surface area contributed by atoms with Crippen LogP contribution in [-0.2, 0) is 5.88 Å². The highest BCUT2D eigenvalue weighted by Gasteiger charge is 2.23. The highest BCUT2D eigenvalue weighted by atomic mass is 35.5. The molecule has 2 aromatic rings. The number of fused-ring (bicyclic) bond motifs is 1. The molecule has 72 valence electrons. The minimum Gasteiger partial charge on any atom is -0.221 e. The summed E-state index contributed by atoms with van der Waals surface area (Å²) in [6, 6.07) is 4.15. The lowest BCUT2D eigenvalue weighted by Gasteiger charge is -1.96.